The molecular formula is C14H18N2O2S. The van der Waals surface area contributed by atoms with Crippen molar-refractivity contribution in [2.24, 2.45) is 5.73 Å². The van der Waals surface area contributed by atoms with Crippen molar-refractivity contribution >= 4 is 26.5 Å². The Morgan fingerprint density at radius 3 is 2.47 bits per heavy atom. The van der Waals surface area contributed by atoms with Gasteiger partial charge in [-0.05, 0) is 18.4 Å². The Bertz CT molecular complexity index is 663. The molecule has 0 aliphatic rings. The molecule has 0 fully saturated rings. The lowest BCUT2D eigenvalue weighted by molar-refractivity contribution is 0.592. The lowest BCUT2D eigenvalue weighted by atomic mass is 10.1. The molecule has 0 bridgehead atoms. The molecular weight excluding hydrogens is 260 g/mol. The first-order valence-corrected chi connectivity index (χ1v) is 7.89. The smallest absolute Gasteiger partial charge is 0.236 e. The monoisotopic (exact) mass is 278 g/mol. The maximum absolute atomic E-state index is 12.3. The van der Waals surface area contributed by atoms with Gasteiger partial charge in [-0.25, -0.2) is 8.42 Å². The van der Waals surface area contributed by atoms with Crippen molar-refractivity contribution in [2.45, 2.75) is 6.92 Å². The number of benzene rings is 2. The van der Waals surface area contributed by atoms with Crippen molar-refractivity contribution < 1.29 is 8.42 Å². The number of fused-ring (bicyclic) bond motifs is 1. The van der Waals surface area contributed by atoms with Crippen LogP contribution in [0.25, 0.3) is 10.8 Å². The Kier molecular flexibility index (Phi) is 4.07. The summed E-state index contributed by atoms with van der Waals surface area (Å²) in [7, 11) is -3.36. The van der Waals surface area contributed by atoms with Crippen LogP contribution in [0.4, 0.5) is 5.69 Å². The van der Waals surface area contributed by atoms with Crippen LogP contribution in [-0.2, 0) is 10.0 Å². The van der Waals surface area contributed by atoms with Crippen molar-refractivity contribution in [1.29, 1.82) is 0 Å². The minimum absolute atomic E-state index is 0.0376. The van der Waals surface area contributed by atoms with E-state index in [1.54, 1.807) is 0 Å². The van der Waals surface area contributed by atoms with Gasteiger partial charge in [0.15, 0.2) is 0 Å². The maximum Gasteiger partial charge on any atom is 0.236 e. The van der Waals surface area contributed by atoms with Gasteiger partial charge in [0.1, 0.15) is 0 Å². The number of rotatable bonds is 5. The van der Waals surface area contributed by atoms with E-state index in [1.165, 1.54) is 4.31 Å². The van der Waals surface area contributed by atoms with Gasteiger partial charge in [-0.15, -0.1) is 0 Å². The second-order valence-corrected chi connectivity index (χ2v) is 6.28. The molecule has 0 aliphatic heterocycles. The number of nitrogens with two attached hydrogens (primary N) is 1. The molecule has 0 spiro atoms. The minimum atomic E-state index is -3.36. The van der Waals surface area contributed by atoms with Gasteiger partial charge < -0.3 is 5.73 Å². The van der Waals surface area contributed by atoms with Gasteiger partial charge in [0, 0.05) is 18.5 Å². The third kappa shape index (κ3) is 2.72. The van der Waals surface area contributed by atoms with Gasteiger partial charge >= 0.3 is 0 Å². The van der Waals surface area contributed by atoms with E-state index in [-0.39, 0.29) is 12.3 Å². The lowest BCUT2D eigenvalue weighted by Gasteiger charge is -2.24. The summed E-state index contributed by atoms with van der Waals surface area (Å²) in [5.74, 6) is -0.0376. The maximum atomic E-state index is 12.3. The molecule has 0 heterocycles. The Hall–Kier alpha value is -1.59. The zero-order valence-electron chi connectivity index (χ0n) is 10.9. The van der Waals surface area contributed by atoms with Crippen LogP contribution in [0.2, 0.25) is 0 Å². The summed E-state index contributed by atoms with van der Waals surface area (Å²) >= 11 is 0. The van der Waals surface area contributed by atoms with E-state index in [1.807, 2.05) is 49.4 Å². The fourth-order valence-electron chi connectivity index (χ4n) is 2.20. The quantitative estimate of drug-likeness (QED) is 0.909. The second kappa shape index (κ2) is 5.59. The molecule has 5 heteroatoms. The summed E-state index contributed by atoms with van der Waals surface area (Å²) in [5, 5.41) is 1.97. The molecule has 0 aromatic heterocycles. The van der Waals surface area contributed by atoms with Gasteiger partial charge in [-0.1, -0.05) is 36.4 Å². The predicted octanol–water partition coefficient (Wildman–Crippen LogP) is 1.95. The fourth-order valence-corrected chi connectivity index (χ4v) is 3.57. The Morgan fingerprint density at radius 1 is 1.11 bits per heavy atom. The Labute approximate surface area is 113 Å². The molecule has 0 saturated carbocycles. The molecule has 0 unspecified atom stereocenters. The van der Waals surface area contributed by atoms with Crippen LogP contribution in [0.15, 0.2) is 42.5 Å². The van der Waals surface area contributed by atoms with Gasteiger partial charge in [0.25, 0.3) is 0 Å². The second-order valence-electron chi connectivity index (χ2n) is 4.27. The average Bonchev–Trinajstić information content (AvgIpc) is 2.39. The summed E-state index contributed by atoms with van der Waals surface area (Å²) in [6.07, 6.45) is 0. The van der Waals surface area contributed by atoms with Crippen molar-refractivity contribution in [2.75, 3.05) is 23.1 Å². The molecule has 2 aromatic carbocycles. The van der Waals surface area contributed by atoms with E-state index in [0.29, 0.717) is 12.2 Å². The topological polar surface area (TPSA) is 63.4 Å². The van der Waals surface area contributed by atoms with E-state index >= 15 is 0 Å². The summed E-state index contributed by atoms with van der Waals surface area (Å²) in [4.78, 5) is 0. The number of nitrogens with zero attached hydrogens (tertiary/aromatic N) is 1. The average molecular weight is 278 g/mol. The van der Waals surface area contributed by atoms with E-state index < -0.39 is 10.0 Å². The largest absolute Gasteiger partial charge is 0.329 e. The number of hydrogen-bond acceptors (Lipinski definition) is 3. The zero-order chi connectivity index (χ0) is 13.9. The molecule has 2 aromatic rings. The molecule has 4 nitrogen and oxygen atoms in total. The first-order chi connectivity index (χ1) is 9.10. The molecule has 102 valence electrons. The van der Waals surface area contributed by atoms with Crippen molar-refractivity contribution in [3.05, 3.63) is 42.5 Å². The third-order valence-corrected chi connectivity index (χ3v) is 4.91. The normalized spacial score (nSPS) is 11.7. The van der Waals surface area contributed by atoms with Gasteiger partial charge in [-0.2, -0.15) is 0 Å². The van der Waals surface area contributed by atoms with Crippen molar-refractivity contribution in [3.63, 3.8) is 0 Å². The molecule has 19 heavy (non-hydrogen) atoms. The zero-order valence-corrected chi connectivity index (χ0v) is 11.7. The summed E-state index contributed by atoms with van der Waals surface area (Å²) in [5.41, 5.74) is 6.11. The van der Waals surface area contributed by atoms with E-state index in [4.69, 9.17) is 5.73 Å². The SMILES string of the molecule is CCN(c1cccc2ccccc12)S(=O)(=O)CCN. The number of sulfonamides is 1. The van der Waals surface area contributed by atoms with Crippen molar-refractivity contribution in [1.82, 2.24) is 0 Å². The van der Waals surface area contributed by atoms with Crippen LogP contribution in [0.3, 0.4) is 0 Å². The number of hydrogen-bond donors (Lipinski definition) is 1. The van der Waals surface area contributed by atoms with Gasteiger partial charge in [0.2, 0.25) is 10.0 Å². The molecule has 0 atom stereocenters. The highest BCUT2D eigenvalue weighted by Gasteiger charge is 2.21. The molecule has 0 saturated heterocycles. The highest BCUT2D eigenvalue weighted by atomic mass is 32.2. The fraction of sp³-hybridized carbons (Fsp3) is 0.286. The third-order valence-electron chi connectivity index (χ3n) is 3.03. The Morgan fingerprint density at radius 2 is 1.79 bits per heavy atom. The van der Waals surface area contributed by atoms with Crippen LogP contribution < -0.4 is 10.0 Å². The summed E-state index contributed by atoms with van der Waals surface area (Å²) in [6, 6.07) is 13.4. The van der Waals surface area contributed by atoms with E-state index in [0.717, 1.165) is 10.8 Å². The van der Waals surface area contributed by atoms with E-state index in [9.17, 15) is 8.42 Å². The molecule has 2 N–H and O–H groups in total. The number of anilines is 1. The highest BCUT2D eigenvalue weighted by molar-refractivity contribution is 7.92. The van der Waals surface area contributed by atoms with Crippen LogP contribution in [0, 0.1) is 0 Å². The highest BCUT2D eigenvalue weighted by Crippen LogP contribution is 2.28. The molecule has 0 aliphatic carbocycles. The molecule has 0 radical (unpaired) electrons. The minimum Gasteiger partial charge on any atom is -0.329 e. The first kappa shape index (κ1) is 13.8. The molecule has 0 amide bonds. The van der Waals surface area contributed by atoms with Crippen molar-refractivity contribution in [3.8, 4) is 0 Å². The van der Waals surface area contributed by atoms with Gasteiger partial charge in [-0.3, -0.25) is 4.31 Å². The molecule has 2 rings (SSSR count). The summed E-state index contributed by atoms with van der Waals surface area (Å²) < 4.78 is 25.9. The lowest BCUT2D eigenvalue weighted by Crippen LogP contribution is -2.35. The standard InChI is InChI=1S/C14H18N2O2S/c1-2-16(19(17,18)11-10-15)14-9-5-7-12-6-3-4-8-13(12)14/h3-9H,2,10-11,15H2,1H3. The van der Waals surface area contributed by atoms with Crippen LogP contribution in [0.5, 0.6) is 0 Å². The van der Waals surface area contributed by atoms with Gasteiger partial charge in [0.05, 0.1) is 11.4 Å². The first-order valence-electron chi connectivity index (χ1n) is 6.28. The van der Waals surface area contributed by atoms with Crippen LogP contribution >= 0.6 is 0 Å². The summed E-state index contributed by atoms with van der Waals surface area (Å²) in [6.45, 7) is 2.36. The van der Waals surface area contributed by atoms with E-state index in [2.05, 4.69) is 0 Å². The van der Waals surface area contributed by atoms with Crippen LogP contribution in [0.1, 0.15) is 6.92 Å². The Balaban J connectivity index is 2.59. The van der Waals surface area contributed by atoms with Crippen LogP contribution in [-0.4, -0.2) is 27.3 Å². The predicted molar refractivity (Wildman–Crippen MR) is 79.8 cm³/mol.